The highest BCUT2D eigenvalue weighted by Crippen LogP contribution is 2.04. The first-order chi connectivity index (χ1) is 3.85. The van der Waals surface area contributed by atoms with Crippen molar-refractivity contribution in [2.45, 2.75) is 32.0 Å². The topological polar surface area (TPSA) is 0 Å². The zero-order valence-electron chi connectivity index (χ0n) is 5.78. The van der Waals surface area contributed by atoms with Gasteiger partial charge in [0.1, 0.15) is 0 Å². The van der Waals surface area contributed by atoms with Crippen molar-refractivity contribution in [3.8, 4) is 0 Å². The van der Waals surface area contributed by atoms with Crippen molar-refractivity contribution in [2.24, 2.45) is 0 Å². The zero-order chi connectivity index (χ0) is 6.41. The van der Waals surface area contributed by atoms with Crippen molar-refractivity contribution in [3.05, 3.63) is 0 Å². The highest BCUT2D eigenvalue weighted by molar-refractivity contribution is 6.59. The van der Waals surface area contributed by atoms with Gasteiger partial charge in [-0.05, 0) is 6.04 Å². The molecule has 0 saturated heterocycles. The summed E-state index contributed by atoms with van der Waals surface area (Å²) in [5, 5.41) is 0. The van der Waals surface area contributed by atoms with Gasteiger partial charge in [-0.1, -0.05) is 25.9 Å². The Balaban J connectivity index is 3.07. The van der Waals surface area contributed by atoms with E-state index in [-0.39, 0.29) is 8.80 Å². The molecule has 0 amide bonds. The Hall–Kier alpha value is 0.507. The average Bonchev–Trinajstić information content (AvgIpc) is 1.83. The van der Waals surface area contributed by atoms with Gasteiger partial charge in [-0.2, -0.15) is 0 Å². The molecule has 0 aromatic rings. The fraction of sp³-hybridized carbons (Fsp3) is 1.00. The Morgan fingerprint density at radius 2 is 1.75 bits per heavy atom. The highest BCUT2D eigenvalue weighted by Gasteiger charge is 2.01. The van der Waals surface area contributed by atoms with E-state index >= 15 is 0 Å². The SMILES string of the molecule is CC[SiH](CC)CCCl. The molecule has 0 aliphatic heterocycles. The predicted octanol–water partition coefficient (Wildman–Crippen LogP) is 2.49. The zero-order valence-corrected chi connectivity index (χ0v) is 7.69. The van der Waals surface area contributed by atoms with Gasteiger partial charge in [-0.3, -0.25) is 0 Å². The molecule has 0 fully saturated rings. The summed E-state index contributed by atoms with van der Waals surface area (Å²) in [5.74, 6) is 0.887. The summed E-state index contributed by atoms with van der Waals surface area (Å²) >= 11 is 5.59. The van der Waals surface area contributed by atoms with Crippen LogP contribution in [0.5, 0.6) is 0 Å². The van der Waals surface area contributed by atoms with Crippen LogP contribution in [-0.4, -0.2) is 14.7 Å². The molecule has 0 bridgehead atoms. The summed E-state index contributed by atoms with van der Waals surface area (Å²) < 4.78 is 0. The van der Waals surface area contributed by atoms with Gasteiger partial charge in [0.15, 0.2) is 0 Å². The number of hydrogen-bond acceptors (Lipinski definition) is 0. The molecular weight excluding hydrogens is 136 g/mol. The van der Waals surface area contributed by atoms with Crippen LogP contribution in [0.3, 0.4) is 0 Å². The largest absolute Gasteiger partial charge is 0.127 e. The molecule has 0 aromatic carbocycles. The van der Waals surface area contributed by atoms with Crippen LogP contribution in [0.4, 0.5) is 0 Å². The van der Waals surface area contributed by atoms with Crippen molar-refractivity contribution >= 4 is 20.4 Å². The van der Waals surface area contributed by atoms with Gasteiger partial charge < -0.3 is 0 Å². The van der Waals surface area contributed by atoms with Crippen LogP contribution in [0.2, 0.25) is 18.1 Å². The van der Waals surface area contributed by atoms with Crippen LogP contribution in [-0.2, 0) is 0 Å². The number of alkyl halides is 1. The van der Waals surface area contributed by atoms with Gasteiger partial charge in [0.05, 0.1) is 0 Å². The Morgan fingerprint density at radius 3 is 1.88 bits per heavy atom. The lowest BCUT2D eigenvalue weighted by Crippen LogP contribution is -2.08. The quantitative estimate of drug-likeness (QED) is 0.427. The molecule has 0 nitrogen and oxygen atoms in total. The Bertz CT molecular complexity index is 43.8. The van der Waals surface area contributed by atoms with Gasteiger partial charge in [0, 0.05) is 14.7 Å². The first-order valence-corrected chi connectivity index (χ1v) is 6.39. The monoisotopic (exact) mass is 150 g/mol. The molecule has 0 aliphatic rings. The van der Waals surface area contributed by atoms with Gasteiger partial charge in [-0.25, -0.2) is 0 Å². The summed E-state index contributed by atoms with van der Waals surface area (Å²) in [4.78, 5) is 0. The summed E-state index contributed by atoms with van der Waals surface area (Å²) in [6, 6.07) is 4.17. The number of halogens is 1. The maximum Gasteiger partial charge on any atom is 0.0374 e. The summed E-state index contributed by atoms with van der Waals surface area (Å²) in [5.41, 5.74) is 0. The molecule has 0 aromatic heterocycles. The maximum absolute atomic E-state index is 5.59. The Labute approximate surface area is 58.8 Å². The van der Waals surface area contributed by atoms with Crippen LogP contribution < -0.4 is 0 Å². The maximum atomic E-state index is 5.59. The minimum atomic E-state index is -0.324. The third-order valence-electron chi connectivity index (χ3n) is 1.67. The first-order valence-electron chi connectivity index (χ1n) is 3.41. The number of rotatable bonds is 4. The van der Waals surface area contributed by atoms with Crippen molar-refractivity contribution in [3.63, 3.8) is 0 Å². The molecule has 0 atom stereocenters. The van der Waals surface area contributed by atoms with Gasteiger partial charge >= 0.3 is 0 Å². The second kappa shape index (κ2) is 5.64. The second-order valence-electron chi connectivity index (χ2n) is 2.16. The average molecular weight is 151 g/mol. The van der Waals surface area contributed by atoms with E-state index in [2.05, 4.69) is 13.8 Å². The van der Waals surface area contributed by atoms with E-state index in [0.717, 1.165) is 5.88 Å². The smallest absolute Gasteiger partial charge is 0.0374 e. The normalized spacial score (nSPS) is 10.5. The summed E-state index contributed by atoms with van der Waals surface area (Å²) in [6.45, 7) is 4.57. The molecule has 2 heteroatoms. The molecule has 0 heterocycles. The third-order valence-corrected chi connectivity index (χ3v) is 5.67. The van der Waals surface area contributed by atoms with Crippen LogP contribution in [0, 0.1) is 0 Å². The van der Waals surface area contributed by atoms with E-state index in [0.29, 0.717) is 0 Å². The summed E-state index contributed by atoms with van der Waals surface area (Å²) in [7, 11) is -0.324. The standard InChI is InChI=1S/C6H15ClSi/c1-3-8(4-2)6-5-7/h8H,3-6H2,1-2H3. The molecular formula is C6H15ClSi. The fourth-order valence-corrected chi connectivity index (χ4v) is 3.48. The first kappa shape index (κ1) is 8.51. The van der Waals surface area contributed by atoms with E-state index in [1.54, 1.807) is 0 Å². The van der Waals surface area contributed by atoms with E-state index < -0.39 is 0 Å². The Morgan fingerprint density at radius 1 is 1.25 bits per heavy atom. The van der Waals surface area contributed by atoms with Crippen LogP contribution in [0.15, 0.2) is 0 Å². The molecule has 0 spiro atoms. The molecule has 0 rings (SSSR count). The molecule has 50 valence electrons. The molecule has 0 N–H and O–H groups in total. The van der Waals surface area contributed by atoms with Crippen molar-refractivity contribution in [1.82, 2.24) is 0 Å². The molecule has 0 radical (unpaired) electrons. The molecule has 8 heavy (non-hydrogen) atoms. The van der Waals surface area contributed by atoms with E-state index in [4.69, 9.17) is 11.6 Å². The Kier molecular flexibility index (Phi) is 6.00. The third kappa shape index (κ3) is 3.50. The summed E-state index contributed by atoms with van der Waals surface area (Å²) in [6.07, 6.45) is 0. The van der Waals surface area contributed by atoms with E-state index in [1.165, 1.54) is 18.1 Å². The highest BCUT2D eigenvalue weighted by atomic mass is 35.5. The lowest BCUT2D eigenvalue weighted by molar-refractivity contribution is 1.24. The fourth-order valence-electron chi connectivity index (χ4n) is 0.851. The molecule has 0 aliphatic carbocycles. The van der Waals surface area contributed by atoms with Crippen molar-refractivity contribution < 1.29 is 0 Å². The van der Waals surface area contributed by atoms with Crippen LogP contribution in [0.1, 0.15) is 13.8 Å². The lowest BCUT2D eigenvalue weighted by atomic mass is 10.9. The molecule has 0 unspecified atom stereocenters. The number of hydrogen-bond donors (Lipinski definition) is 0. The van der Waals surface area contributed by atoms with Gasteiger partial charge in [0.25, 0.3) is 0 Å². The van der Waals surface area contributed by atoms with Gasteiger partial charge in [0.2, 0.25) is 0 Å². The van der Waals surface area contributed by atoms with E-state index in [1.807, 2.05) is 0 Å². The van der Waals surface area contributed by atoms with Crippen molar-refractivity contribution in [1.29, 1.82) is 0 Å². The van der Waals surface area contributed by atoms with Crippen molar-refractivity contribution in [2.75, 3.05) is 5.88 Å². The predicted molar refractivity (Wildman–Crippen MR) is 43.6 cm³/mol. The lowest BCUT2D eigenvalue weighted by Gasteiger charge is -2.05. The van der Waals surface area contributed by atoms with Crippen LogP contribution in [0.25, 0.3) is 0 Å². The second-order valence-corrected chi connectivity index (χ2v) is 6.48. The molecule has 0 saturated carbocycles. The van der Waals surface area contributed by atoms with Crippen LogP contribution >= 0.6 is 11.6 Å². The van der Waals surface area contributed by atoms with Gasteiger partial charge in [-0.15, -0.1) is 11.6 Å². The van der Waals surface area contributed by atoms with E-state index in [9.17, 15) is 0 Å². The minimum Gasteiger partial charge on any atom is -0.127 e. The minimum absolute atomic E-state index is 0.324.